The van der Waals surface area contributed by atoms with Crippen molar-refractivity contribution in [2.24, 2.45) is 0 Å². The van der Waals surface area contributed by atoms with Crippen LogP contribution >= 0.6 is 11.6 Å². The number of methoxy groups -OCH3 is 1. The van der Waals surface area contributed by atoms with Gasteiger partial charge in [0.1, 0.15) is 11.3 Å². The van der Waals surface area contributed by atoms with E-state index in [-0.39, 0.29) is 24.9 Å². The quantitative estimate of drug-likeness (QED) is 0.613. The highest BCUT2D eigenvalue weighted by atomic mass is 35.5. The number of esters is 1. The number of benzene rings is 2. The molecule has 0 saturated carbocycles. The van der Waals surface area contributed by atoms with Gasteiger partial charge in [0.15, 0.2) is 18.1 Å². The second-order valence-corrected chi connectivity index (χ2v) is 5.94. The molecule has 0 unspecified atom stereocenters. The predicted octanol–water partition coefficient (Wildman–Crippen LogP) is 3.48. The first-order chi connectivity index (χ1) is 13.1. The highest BCUT2D eigenvalue weighted by molar-refractivity contribution is 6.31. The average molecular weight is 389 g/mol. The van der Waals surface area contributed by atoms with Gasteiger partial charge in [-0.15, -0.1) is 0 Å². The van der Waals surface area contributed by atoms with Gasteiger partial charge in [0.2, 0.25) is 12.6 Å². The van der Waals surface area contributed by atoms with Crippen LogP contribution in [0.15, 0.2) is 40.9 Å². The Kier molecular flexibility index (Phi) is 4.55. The van der Waals surface area contributed by atoms with Gasteiger partial charge >= 0.3 is 5.97 Å². The summed E-state index contributed by atoms with van der Waals surface area (Å²) in [5.74, 6) is 1.51. The van der Waals surface area contributed by atoms with Crippen molar-refractivity contribution < 1.29 is 28.3 Å². The molecule has 0 N–H and O–H groups in total. The molecule has 3 aromatic rings. The minimum atomic E-state index is -0.614. The van der Waals surface area contributed by atoms with E-state index in [9.17, 15) is 4.79 Å². The third-order valence-electron chi connectivity index (χ3n) is 3.81. The van der Waals surface area contributed by atoms with Gasteiger partial charge in [-0.2, -0.15) is 4.98 Å². The Morgan fingerprint density at radius 3 is 2.89 bits per heavy atom. The summed E-state index contributed by atoms with van der Waals surface area (Å²) in [5.41, 5.74) is 0.901. The van der Waals surface area contributed by atoms with Gasteiger partial charge < -0.3 is 23.5 Å². The number of aromatic nitrogens is 2. The largest absolute Gasteiger partial charge is 0.496 e. The van der Waals surface area contributed by atoms with E-state index in [1.165, 1.54) is 13.2 Å². The summed E-state index contributed by atoms with van der Waals surface area (Å²) in [6.07, 6.45) is 0. The predicted molar refractivity (Wildman–Crippen MR) is 93.0 cm³/mol. The van der Waals surface area contributed by atoms with Crippen molar-refractivity contribution in [1.29, 1.82) is 0 Å². The van der Waals surface area contributed by atoms with E-state index >= 15 is 0 Å². The maximum Gasteiger partial charge on any atom is 0.342 e. The van der Waals surface area contributed by atoms with Crippen molar-refractivity contribution in [1.82, 2.24) is 10.1 Å². The van der Waals surface area contributed by atoms with E-state index in [0.717, 1.165) is 0 Å². The van der Waals surface area contributed by atoms with Gasteiger partial charge in [0, 0.05) is 10.6 Å². The Labute approximate surface area is 158 Å². The third-order valence-corrected chi connectivity index (χ3v) is 4.04. The number of carbonyl (C=O) groups excluding carboxylic acids is 1. The number of ether oxygens (including phenoxy) is 4. The number of hydrogen-bond acceptors (Lipinski definition) is 8. The lowest BCUT2D eigenvalue weighted by molar-refractivity contribution is 0.0426. The van der Waals surface area contributed by atoms with Crippen molar-refractivity contribution >= 4 is 17.6 Å². The molecule has 0 aliphatic carbocycles. The summed E-state index contributed by atoms with van der Waals surface area (Å²) in [4.78, 5) is 16.5. The average Bonchev–Trinajstić information content (AvgIpc) is 3.34. The molecule has 138 valence electrons. The zero-order valence-electron chi connectivity index (χ0n) is 14.1. The van der Waals surface area contributed by atoms with E-state index in [1.807, 2.05) is 0 Å². The van der Waals surface area contributed by atoms with E-state index in [2.05, 4.69) is 10.1 Å². The van der Waals surface area contributed by atoms with Crippen LogP contribution in [0.5, 0.6) is 17.2 Å². The fourth-order valence-corrected chi connectivity index (χ4v) is 2.68. The number of halogens is 1. The van der Waals surface area contributed by atoms with Gasteiger partial charge in [-0.1, -0.05) is 16.8 Å². The number of rotatable bonds is 5. The highest BCUT2D eigenvalue weighted by Crippen LogP contribution is 2.35. The summed E-state index contributed by atoms with van der Waals surface area (Å²) in [6, 6.07) is 9.97. The molecular formula is C18H13ClN2O6. The Morgan fingerprint density at radius 1 is 1.19 bits per heavy atom. The molecule has 0 bridgehead atoms. The maximum absolute atomic E-state index is 12.3. The molecule has 1 aromatic heterocycles. The molecular weight excluding hydrogens is 376 g/mol. The Bertz CT molecular complexity index is 1000. The summed E-state index contributed by atoms with van der Waals surface area (Å²) in [5, 5.41) is 4.28. The molecule has 0 saturated heterocycles. The van der Waals surface area contributed by atoms with Crippen LogP contribution in [0.2, 0.25) is 5.02 Å². The summed E-state index contributed by atoms with van der Waals surface area (Å²) < 4.78 is 26.1. The lowest BCUT2D eigenvalue weighted by atomic mass is 10.2. The molecule has 0 radical (unpaired) electrons. The fourth-order valence-electron chi connectivity index (χ4n) is 2.51. The molecule has 1 aliphatic rings. The van der Waals surface area contributed by atoms with Gasteiger partial charge in [-0.25, -0.2) is 4.79 Å². The van der Waals surface area contributed by atoms with Crippen LogP contribution in [0.25, 0.3) is 11.4 Å². The first-order valence-electron chi connectivity index (χ1n) is 7.87. The van der Waals surface area contributed by atoms with Crippen LogP contribution in [0, 0.1) is 0 Å². The molecule has 0 atom stereocenters. The molecule has 0 fully saturated rings. The Balaban J connectivity index is 1.46. The molecule has 2 heterocycles. The van der Waals surface area contributed by atoms with Gasteiger partial charge in [0.05, 0.1) is 7.11 Å². The van der Waals surface area contributed by atoms with Crippen LogP contribution in [0.4, 0.5) is 0 Å². The van der Waals surface area contributed by atoms with E-state index in [4.69, 9.17) is 35.1 Å². The first kappa shape index (κ1) is 17.2. The van der Waals surface area contributed by atoms with Crippen LogP contribution in [0.3, 0.4) is 0 Å². The first-order valence-corrected chi connectivity index (χ1v) is 8.25. The standard InChI is InChI=1S/C18H13ClN2O6/c1-23-13-5-3-11(19)7-12(13)18(22)24-8-16-20-17(21-27-16)10-2-4-14-15(6-10)26-9-25-14/h2-7H,8-9H2,1H3. The Hall–Kier alpha value is -3.26. The monoisotopic (exact) mass is 388 g/mol. The number of carbonyl (C=O) groups is 1. The van der Waals surface area contributed by atoms with E-state index in [1.54, 1.807) is 30.3 Å². The van der Waals surface area contributed by atoms with Crippen LogP contribution in [0.1, 0.15) is 16.2 Å². The SMILES string of the molecule is COc1ccc(Cl)cc1C(=O)OCc1nc(-c2ccc3c(c2)OCO3)no1. The van der Waals surface area contributed by atoms with Crippen LogP contribution in [-0.4, -0.2) is 30.0 Å². The number of hydrogen-bond donors (Lipinski definition) is 0. The van der Waals surface area contributed by atoms with Crippen LogP contribution in [-0.2, 0) is 11.3 Å². The minimum absolute atomic E-state index is 0.150. The van der Waals surface area contributed by atoms with Crippen LogP contribution < -0.4 is 14.2 Å². The molecule has 4 rings (SSSR count). The molecule has 2 aromatic carbocycles. The van der Waals surface area contributed by atoms with Crippen molar-refractivity contribution in [2.75, 3.05) is 13.9 Å². The van der Waals surface area contributed by atoms with Crippen molar-refractivity contribution in [3.8, 4) is 28.6 Å². The molecule has 0 amide bonds. The summed E-state index contributed by atoms with van der Waals surface area (Å²) >= 11 is 5.92. The van der Waals surface area contributed by atoms with Gasteiger partial charge in [-0.05, 0) is 36.4 Å². The van der Waals surface area contributed by atoms with Gasteiger partial charge in [0.25, 0.3) is 5.89 Å². The highest BCUT2D eigenvalue weighted by Gasteiger charge is 2.18. The van der Waals surface area contributed by atoms with Crippen molar-refractivity contribution in [2.45, 2.75) is 6.61 Å². The lowest BCUT2D eigenvalue weighted by Crippen LogP contribution is -2.07. The minimum Gasteiger partial charge on any atom is -0.496 e. The second-order valence-electron chi connectivity index (χ2n) is 5.50. The zero-order valence-corrected chi connectivity index (χ0v) is 14.9. The molecule has 27 heavy (non-hydrogen) atoms. The topological polar surface area (TPSA) is 92.9 Å². The molecule has 1 aliphatic heterocycles. The van der Waals surface area contributed by atoms with Crippen molar-refractivity contribution in [3.05, 3.63) is 52.9 Å². The number of fused-ring (bicyclic) bond motifs is 1. The summed E-state index contributed by atoms with van der Waals surface area (Å²) in [6.45, 7) is -0.00868. The smallest absolute Gasteiger partial charge is 0.342 e. The van der Waals surface area contributed by atoms with E-state index < -0.39 is 5.97 Å². The van der Waals surface area contributed by atoms with Gasteiger partial charge in [-0.3, -0.25) is 0 Å². The van der Waals surface area contributed by atoms with E-state index in [0.29, 0.717) is 33.7 Å². The molecule has 8 nitrogen and oxygen atoms in total. The molecule has 9 heteroatoms. The Morgan fingerprint density at radius 2 is 2.04 bits per heavy atom. The lowest BCUT2D eigenvalue weighted by Gasteiger charge is -2.07. The maximum atomic E-state index is 12.3. The normalized spacial score (nSPS) is 12.1. The fraction of sp³-hybridized carbons (Fsp3) is 0.167. The molecule has 0 spiro atoms. The number of nitrogens with zero attached hydrogens (tertiary/aromatic N) is 2. The van der Waals surface area contributed by atoms with Crippen molar-refractivity contribution in [3.63, 3.8) is 0 Å². The second kappa shape index (κ2) is 7.16. The summed E-state index contributed by atoms with van der Waals surface area (Å²) in [7, 11) is 1.45. The zero-order chi connectivity index (χ0) is 18.8. The third kappa shape index (κ3) is 3.52.